The quantitative estimate of drug-likeness (QED) is 0.0953. The summed E-state index contributed by atoms with van der Waals surface area (Å²) >= 11 is 0. The Morgan fingerprint density at radius 2 is 1.26 bits per heavy atom. The molecule has 0 bridgehead atoms. The summed E-state index contributed by atoms with van der Waals surface area (Å²) in [6.07, 6.45) is 2.07. The Morgan fingerprint density at radius 3 is 2.03 bits per heavy atom. The van der Waals surface area contributed by atoms with Crippen LogP contribution in [0, 0.1) is 18.8 Å². The van der Waals surface area contributed by atoms with E-state index in [-0.39, 0.29) is 5.82 Å². The number of aryl methyl sites for hydroxylation is 1. The lowest BCUT2D eigenvalue weighted by molar-refractivity contribution is 0.253. The van der Waals surface area contributed by atoms with Gasteiger partial charge in [-0.2, -0.15) is 10.2 Å². The largest absolute Gasteiger partial charge is 0.383 e. The van der Waals surface area contributed by atoms with Crippen molar-refractivity contribution < 1.29 is 5.11 Å². The highest BCUT2D eigenvalue weighted by Gasteiger charge is 2.21. The molecule has 12 aromatic rings. The third kappa shape index (κ3) is 8.16. The average Bonchev–Trinajstić information content (AvgIpc) is 4.06. The van der Waals surface area contributed by atoms with Gasteiger partial charge in [-0.05, 0) is 61.7 Å². The fourth-order valence-electron chi connectivity index (χ4n) is 8.55. The van der Waals surface area contributed by atoms with Gasteiger partial charge >= 0.3 is 0 Å². The maximum absolute atomic E-state index is 9.60. The SMILES string of the molecule is Cc1ccccc1-c1nc2ccccc2nc1Cn1nc(C#C[C@@H](C)O)c2c(N)ncnc21.Nc1nc2ccc(-c3nn(Cc4cc5ccccc5nc4-c4ccccc4)c4ncnc(N)c34)cc2[nH]1. The van der Waals surface area contributed by atoms with Crippen molar-refractivity contribution in [1.82, 2.24) is 64.4 Å². The van der Waals surface area contributed by atoms with E-state index < -0.39 is 6.10 Å². The Bertz CT molecular complexity index is 4020. The van der Waals surface area contributed by atoms with Crippen molar-refractivity contribution in [2.24, 2.45) is 0 Å². The number of aromatic nitrogens is 13. The number of fused-ring (bicyclic) bond motifs is 5. The minimum absolute atomic E-state index is 0.282. The molecule has 0 saturated carbocycles. The predicted molar refractivity (Wildman–Crippen MR) is 273 cm³/mol. The van der Waals surface area contributed by atoms with E-state index in [4.69, 9.17) is 37.3 Å². The Kier molecular flexibility index (Phi) is 11.0. The molecule has 0 fully saturated rings. The van der Waals surface area contributed by atoms with Crippen molar-refractivity contribution in [1.29, 1.82) is 0 Å². The third-order valence-electron chi connectivity index (χ3n) is 11.8. The lowest BCUT2D eigenvalue weighted by Gasteiger charge is -2.12. The van der Waals surface area contributed by atoms with Crippen molar-refractivity contribution in [3.8, 4) is 45.6 Å². The van der Waals surface area contributed by atoms with Crippen molar-refractivity contribution in [3.05, 3.63) is 163 Å². The number of nitrogen functional groups attached to an aromatic ring is 3. The first-order chi connectivity index (χ1) is 34.1. The molecule has 0 amide bonds. The van der Waals surface area contributed by atoms with Crippen LogP contribution in [0.2, 0.25) is 0 Å². The Labute approximate surface area is 399 Å². The van der Waals surface area contributed by atoms with Crippen LogP contribution in [0.1, 0.15) is 29.4 Å². The molecule has 0 saturated heterocycles. The summed E-state index contributed by atoms with van der Waals surface area (Å²) in [7, 11) is 0. The van der Waals surface area contributed by atoms with Crippen molar-refractivity contribution in [2.75, 3.05) is 17.2 Å². The molecule has 0 aliphatic rings. The summed E-state index contributed by atoms with van der Waals surface area (Å²) in [6.45, 7) is 4.40. The van der Waals surface area contributed by atoms with Gasteiger partial charge in [-0.3, -0.25) is 0 Å². The van der Waals surface area contributed by atoms with Crippen LogP contribution in [-0.4, -0.2) is 75.6 Å². The second kappa shape index (κ2) is 17.9. The molecule has 17 heteroatoms. The standard InChI is InChI=1S/C28H21N9.C25H21N7O/c29-26-23-25(18-10-11-21-22(13-18)35-28(30)34-21)36-37(27(23)32-15-31-26)14-19-12-17-8-4-5-9-20(17)33-24(19)16-6-2-1-3-7-16;1-15-7-3-4-8-17(15)23-21(29-18-9-5-6-10-19(18)30-23)13-32-25-22(24(26)27-14-28-25)20(31-32)12-11-16(2)33/h1-13,15H,14H2,(H2,29,31,32)(H3,30,34,35);3-10,14,16,33H,13H2,1-2H3,(H2,26,27,28)/t;16-/m.1/s1. The van der Waals surface area contributed by atoms with Gasteiger partial charge in [0.25, 0.3) is 0 Å². The first-order valence-electron chi connectivity index (χ1n) is 22.3. The second-order valence-corrected chi connectivity index (χ2v) is 16.6. The topological polar surface area (TPSA) is 253 Å². The summed E-state index contributed by atoms with van der Waals surface area (Å²) < 4.78 is 3.58. The molecule has 0 unspecified atom stereocenters. The van der Waals surface area contributed by atoms with Crippen LogP contribution in [-0.2, 0) is 13.1 Å². The summed E-state index contributed by atoms with van der Waals surface area (Å²) in [5.74, 6) is 6.63. The molecule has 0 spiro atoms. The van der Waals surface area contributed by atoms with Gasteiger partial charge in [0.05, 0.1) is 68.5 Å². The zero-order chi connectivity index (χ0) is 47.9. The minimum atomic E-state index is -0.796. The molecule has 8 N–H and O–H groups in total. The third-order valence-corrected chi connectivity index (χ3v) is 11.8. The fourth-order valence-corrected chi connectivity index (χ4v) is 8.55. The molecule has 5 aromatic carbocycles. The lowest BCUT2D eigenvalue weighted by atomic mass is 10.0. The van der Waals surface area contributed by atoms with Crippen molar-refractivity contribution in [2.45, 2.75) is 33.0 Å². The first-order valence-corrected chi connectivity index (χ1v) is 22.3. The van der Waals surface area contributed by atoms with Gasteiger partial charge in [0.1, 0.15) is 41.8 Å². The van der Waals surface area contributed by atoms with Gasteiger partial charge < -0.3 is 27.3 Å². The van der Waals surface area contributed by atoms with E-state index in [1.807, 2.05) is 102 Å². The molecular weight excluding hydrogens is 877 g/mol. The highest BCUT2D eigenvalue weighted by Crippen LogP contribution is 2.34. The first kappa shape index (κ1) is 42.9. The molecule has 17 nitrogen and oxygen atoms in total. The number of nitrogens with two attached hydrogens (primary N) is 3. The number of aliphatic hydroxyl groups excluding tert-OH is 1. The zero-order valence-corrected chi connectivity index (χ0v) is 37.8. The number of nitrogens with one attached hydrogen (secondary N) is 1. The van der Waals surface area contributed by atoms with E-state index in [2.05, 4.69) is 84.1 Å². The van der Waals surface area contributed by atoms with E-state index in [9.17, 15) is 5.11 Å². The van der Waals surface area contributed by atoms with E-state index in [0.29, 0.717) is 58.3 Å². The van der Waals surface area contributed by atoms with Crippen LogP contribution in [0.3, 0.4) is 0 Å². The Hall–Kier alpha value is -9.66. The molecule has 7 heterocycles. The number of hydrogen-bond donors (Lipinski definition) is 5. The lowest BCUT2D eigenvalue weighted by Crippen LogP contribution is -2.08. The number of hydrogen-bond acceptors (Lipinski definition) is 14. The number of anilines is 3. The summed E-state index contributed by atoms with van der Waals surface area (Å²) in [4.78, 5) is 39.6. The van der Waals surface area contributed by atoms with E-state index >= 15 is 0 Å². The van der Waals surface area contributed by atoms with Crippen molar-refractivity contribution >= 4 is 72.6 Å². The highest BCUT2D eigenvalue weighted by atomic mass is 16.3. The molecule has 0 aliphatic heterocycles. The Morgan fingerprint density at radius 1 is 0.600 bits per heavy atom. The van der Waals surface area contributed by atoms with Gasteiger partial charge in [-0.25, -0.2) is 49.2 Å². The number of para-hydroxylation sites is 3. The van der Waals surface area contributed by atoms with Gasteiger partial charge in [0.2, 0.25) is 0 Å². The Balaban J connectivity index is 0.000000154. The molecule has 7 aromatic heterocycles. The number of H-pyrrole nitrogens is 1. The number of aromatic amines is 1. The number of imidazole rings is 1. The van der Waals surface area contributed by atoms with Crippen LogP contribution in [0.25, 0.3) is 88.8 Å². The van der Waals surface area contributed by atoms with E-state index in [1.165, 1.54) is 12.7 Å². The zero-order valence-electron chi connectivity index (χ0n) is 37.8. The monoisotopic (exact) mass is 918 g/mol. The van der Waals surface area contributed by atoms with Gasteiger partial charge in [0, 0.05) is 27.6 Å². The number of rotatable bonds is 7. The molecule has 70 heavy (non-hydrogen) atoms. The van der Waals surface area contributed by atoms with Crippen LogP contribution in [0.4, 0.5) is 17.6 Å². The van der Waals surface area contributed by atoms with Crippen LogP contribution in [0.5, 0.6) is 0 Å². The summed E-state index contributed by atoms with van der Waals surface area (Å²) in [6, 6.07) is 42.1. The van der Waals surface area contributed by atoms with Crippen molar-refractivity contribution in [3.63, 3.8) is 0 Å². The molecule has 0 radical (unpaired) electrons. The summed E-state index contributed by atoms with van der Waals surface area (Å²) in [5, 5.41) is 21.5. The maximum Gasteiger partial charge on any atom is 0.198 e. The van der Waals surface area contributed by atoms with Crippen LogP contribution in [0.15, 0.2) is 140 Å². The van der Waals surface area contributed by atoms with Gasteiger partial charge in [-0.15, -0.1) is 0 Å². The number of aliphatic hydroxyl groups is 1. The van der Waals surface area contributed by atoms with E-state index in [0.717, 1.165) is 77.9 Å². The molecule has 340 valence electrons. The second-order valence-electron chi connectivity index (χ2n) is 16.6. The van der Waals surface area contributed by atoms with E-state index in [1.54, 1.807) is 11.6 Å². The van der Waals surface area contributed by atoms with Gasteiger partial charge in [0.15, 0.2) is 17.2 Å². The predicted octanol–water partition coefficient (Wildman–Crippen LogP) is 7.91. The summed E-state index contributed by atoms with van der Waals surface area (Å²) in [5.41, 5.74) is 32.3. The number of benzene rings is 5. The molecule has 0 aliphatic carbocycles. The fraction of sp³-hybridized carbons (Fsp3) is 0.0943. The number of nitrogens with zero attached hydrogens (tertiary/aromatic N) is 12. The minimum Gasteiger partial charge on any atom is -0.383 e. The average molecular weight is 919 g/mol. The maximum atomic E-state index is 9.60. The normalized spacial score (nSPS) is 11.8. The number of pyridine rings is 1. The smallest absolute Gasteiger partial charge is 0.198 e. The van der Waals surface area contributed by atoms with Crippen LogP contribution >= 0.6 is 0 Å². The molecule has 1 atom stereocenters. The molecule has 12 rings (SSSR count). The highest BCUT2D eigenvalue weighted by molar-refractivity contribution is 6.00. The van der Waals surface area contributed by atoms with Gasteiger partial charge in [-0.1, -0.05) is 96.9 Å². The van der Waals surface area contributed by atoms with Crippen LogP contribution < -0.4 is 17.2 Å². The molecular formula is C53H42N16O.